The summed E-state index contributed by atoms with van der Waals surface area (Å²) in [5.74, 6) is -0.867. The van der Waals surface area contributed by atoms with Crippen LogP contribution in [0.15, 0.2) is 0 Å². The lowest BCUT2D eigenvalue weighted by Gasteiger charge is -2.32. The van der Waals surface area contributed by atoms with Crippen molar-refractivity contribution in [3.63, 3.8) is 0 Å². The summed E-state index contributed by atoms with van der Waals surface area (Å²) in [6.07, 6.45) is 0.466. The van der Waals surface area contributed by atoms with E-state index in [0.29, 0.717) is 19.5 Å². The molecule has 0 saturated carbocycles. The highest BCUT2D eigenvalue weighted by Gasteiger charge is 2.43. The number of likely N-dealkylation sites (tertiary alicyclic amines) is 1. The molecule has 0 bridgehead atoms. The fraction of sp³-hybridized carbons (Fsp3) is 0.846. The van der Waals surface area contributed by atoms with Crippen molar-refractivity contribution in [1.82, 2.24) is 9.80 Å². The first kappa shape index (κ1) is 15.8. The summed E-state index contributed by atoms with van der Waals surface area (Å²) in [4.78, 5) is 26.6. The Labute approximate surface area is 114 Å². The molecule has 1 aliphatic heterocycles. The van der Waals surface area contributed by atoms with Gasteiger partial charge in [-0.15, -0.1) is 0 Å². The van der Waals surface area contributed by atoms with Crippen LogP contribution in [0.1, 0.15) is 34.1 Å². The van der Waals surface area contributed by atoms with Gasteiger partial charge in [-0.3, -0.25) is 4.79 Å². The number of carbonyl (C=O) groups excluding carboxylic acids is 1. The largest absolute Gasteiger partial charge is 0.481 e. The van der Waals surface area contributed by atoms with Crippen LogP contribution in [0, 0.1) is 5.41 Å². The molecule has 2 N–H and O–H groups in total. The fourth-order valence-corrected chi connectivity index (χ4v) is 2.28. The number of carbonyl (C=O) groups is 2. The summed E-state index contributed by atoms with van der Waals surface area (Å²) < 4.78 is 0. The van der Waals surface area contributed by atoms with Gasteiger partial charge in [-0.05, 0) is 34.1 Å². The summed E-state index contributed by atoms with van der Waals surface area (Å²) in [7, 11) is 0. The van der Waals surface area contributed by atoms with E-state index in [1.165, 1.54) is 0 Å². The molecule has 1 unspecified atom stereocenters. The van der Waals surface area contributed by atoms with Gasteiger partial charge < -0.3 is 20.0 Å². The quantitative estimate of drug-likeness (QED) is 0.800. The molecule has 1 heterocycles. The number of aliphatic hydroxyl groups is 1. The van der Waals surface area contributed by atoms with Gasteiger partial charge in [-0.2, -0.15) is 0 Å². The van der Waals surface area contributed by atoms with Crippen LogP contribution in [0.3, 0.4) is 0 Å². The van der Waals surface area contributed by atoms with Crippen LogP contribution >= 0.6 is 0 Å². The Hall–Kier alpha value is -1.30. The van der Waals surface area contributed by atoms with Gasteiger partial charge in [0.25, 0.3) is 0 Å². The van der Waals surface area contributed by atoms with Crippen LogP contribution in [-0.2, 0) is 4.79 Å². The summed E-state index contributed by atoms with van der Waals surface area (Å²) in [6, 6.07) is -0.199. The van der Waals surface area contributed by atoms with Crippen molar-refractivity contribution in [3.05, 3.63) is 0 Å². The Balaban J connectivity index is 2.71. The van der Waals surface area contributed by atoms with Crippen molar-refractivity contribution in [2.24, 2.45) is 5.41 Å². The Bertz CT molecular complexity index is 364. The SMILES string of the molecule is CCN(CC(C)(C)O)C(=O)N1CCC(C)(C(=O)O)C1. The molecular weight excluding hydrogens is 248 g/mol. The average Bonchev–Trinajstić information content (AvgIpc) is 2.68. The standard InChI is InChI=1S/C13H24N2O4/c1-5-14(8-12(2,3)19)11(18)15-7-6-13(4,9-15)10(16)17/h19H,5-9H2,1-4H3,(H,16,17). The lowest BCUT2D eigenvalue weighted by atomic mass is 9.90. The first-order chi connectivity index (χ1) is 8.59. The molecular formula is C13H24N2O4. The maximum absolute atomic E-state index is 12.3. The second kappa shape index (κ2) is 5.36. The number of urea groups is 1. The molecule has 1 atom stereocenters. The summed E-state index contributed by atoms with van der Waals surface area (Å²) in [5, 5.41) is 19.0. The van der Waals surface area contributed by atoms with E-state index in [2.05, 4.69) is 0 Å². The van der Waals surface area contributed by atoms with Crippen molar-refractivity contribution < 1.29 is 19.8 Å². The molecule has 1 saturated heterocycles. The molecule has 1 aliphatic rings. The van der Waals surface area contributed by atoms with Crippen LogP contribution in [0.5, 0.6) is 0 Å². The summed E-state index contributed by atoms with van der Waals surface area (Å²) in [6.45, 7) is 8.20. The van der Waals surface area contributed by atoms with Gasteiger partial charge in [0.2, 0.25) is 0 Å². The first-order valence-corrected chi connectivity index (χ1v) is 6.59. The third kappa shape index (κ3) is 3.83. The van der Waals surface area contributed by atoms with E-state index in [1.807, 2.05) is 6.92 Å². The number of amides is 2. The molecule has 1 rings (SSSR count). The maximum Gasteiger partial charge on any atom is 0.320 e. The number of carboxylic acid groups (broad SMARTS) is 1. The van der Waals surface area contributed by atoms with Gasteiger partial charge >= 0.3 is 12.0 Å². The lowest BCUT2D eigenvalue weighted by molar-refractivity contribution is -0.147. The Morgan fingerprint density at radius 1 is 1.42 bits per heavy atom. The minimum Gasteiger partial charge on any atom is -0.481 e. The monoisotopic (exact) mass is 272 g/mol. The number of nitrogens with zero attached hydrogens (tertiary/aromatic N) is 2. The van der Waals surface area contributed by atoms with E-state index < -0.39 is 17.0 Å². The number of hydrogen-bond donors (Lipinski definition) is 2. The van der Waals surface area contributed by atoms with Crippen LogP contribution < -0.4 is 0 Å². The van der Waals surface area contributed by atoms with Crippen molar-refractivity contribution in [1.29, 1.82) is 0 Å². The highest BCUT2D eigenvalue weighted by molar-refractivity contribution is 5.79. The molecule has 0 aliphatic carbocycles. The lowest BCUT2D eigenvalue weighted by Crippen LogP contribution is -2.48. The van der Waals surface area contributed by atoms with Gasteiger partial charge in [0.1, 0.15) is 0 Å². The second-order valence-corrected chi connectivity index (χ2v) is 6.15. The number of carboxylic acids is 1. The van der Waals surface area contributed by atoms with E-state index in [0.717, 1.165) is 0 Å². The van der Waals surface area contributed by atoms with Crippen LogP contribution in [0.4, 0.5) is 4.79 Å². The third-order valence-electron chi connectivity index (χ3n) is 3.49. The van der Waals surface area contributed by atoms with Crippen LogP contribution in [0.2, 0.25) is 0 Å². The Morgan fingerprint density at radius 2 is 2.00 bits per heavy atom. The van der Waals surface area contributed by atoms with E-state index in [9.17, 15) is 14.7 Å². The Kier molecular flexibility index (Phi) is 4.45. The molecule has 1 fully saturated rings. The maximum atomic E-state index is 12.3. The number of aliphatic carboxylic acids is 1. The minimum atomic E-state index is -0.957. The second-order valence-electron chi connectivity index (χ2n) is 6.15. The molecule has 0 aromatic carbocycles. The van der Waals surface area contributed by atoms with Crippen molar-refractivity contribution in [2.75, 3.05) is 26.2 Å². The zero-order valence-corrected chi connectivity index (χ0v) is 12.1. The molecule has 6 heteroatoms. The zero-order valence-electron chi connectivity index (χ0n) is 12.1. The van der Waals surface area contributed by atoms with Crippen molar-refractivity contribution in [2.45, 2.75) is 39.7 Å². The van der Waals surface area contributed by atoms with Gasteiger partial charge in [-0.25, -0.2) is 4.79 Å². The molecule has 0 radical (unpaired) electrons. The van der Waals surface area contributed by atoms with E-state index >= 15 is 0 Å². The number of rotatable bonds is 4. The van der Waals surface area contributed by atoms with Gasteiger partial charge in [0, 0.05) is 19.6 Å². The highest BCUT2D eigenvalue weighted by Crippen LogP contribution is 2.30. The van der Waals surface area contributed by atoms with Gasteiger partial charge in [0.05, 0.1) is 17.6 Å². The van der Waals surface area contributed by atoms with E-state index in [4.69, 9.17) is 5.11 Å². The smallest absolute Gasteiger partial charge is 0.320 e. The molecule has 0 spiro atoms. The molecule has 0 aromatic heterocycles. The van der Waals surface area contributed by atoms with Crippen LogP contribution in [-0.4, -0.2) is 63.8 Å². The van der Waals surface area contributed by atoms with Crippen molar-refractivity contribution in [3.8, 4) is 0 Å². The van der Waals surface area contributed by atoms with Gasteiger partial charge in [0.15, 0.2) is 0 Å². The molecule has 0 aromatic rings. The topological polar surface area (TPSA) is 81.1 Å². The minimum absolute atomic E-state index is 0.199. The van der Waals surface area contributed by atoms with Gasteiger partial charge in [-0.1, -0.05) is 0 Å². The number of hydrogen-bond acceptors (Lipinski definition) is 3. The predicted molar refractivity (Wildman–Crippen MR) is 70.9 cm³/mol. The highest BCUT2D eigenvalue weighted by atomic mass is 16.4. The molecule has 6 nitrogen and oxygen atoms in total. The summed E-state index contributed by atoms with van der Waals surface area (Å²) >= 11 is 0. The third-order valence-corrected chi connectivity index (χ3v) is 3.49. The van der Waals surface area contributed by atoms with Crippen LogP contribution in [0.25, 0.3) is 0 Å². The predicted octanol–water partition coefficient (Wildman–Crippen LogP) is 0.996. The van der Waals surface area contributed by atoms with E-state index in [1.54, 1.807) is 30.6 Å². The zero-order chi connectivity index (χ0) is 14.8. The summed E-state index contributed by atoms with van der Waals surface area (Å²) in [5.41, 5.74) is -1.81. The van der Waals surface area contributed by atoms with E-state index in [-0.39, 0.29) is 19.1 Å². The normalized spacial score (nSPS) is 23.5. The fourth-order valence-electron chi connectivity index (χ4n) is 2.28. The molecule has 19 heavy (non-hydrogen) atoms. The first-order valence-electron chi connectivity index (χ1n) is 6.59. The Morgan fingerprint density at radius 3 is 2.37 bits per heavy atom. The average molecular weight is 272 g/mol. The molecule has 110 valence electrons. The molecule has 2 amide bonds. The number of likely N-dealkylation sites (N-methyl/N-ethyl adjacent to an activating group) is 1. The van der Waals surface area contributed by atoms with Crippen molar-refractivity contribution >= 4 is 12.0 Å².